The molecule has 0 aromatic rings. The highest BCUT2D eigenvalue weighted by molar-refractivity contribution is 5.71. The fourth-order valence-corrected chi connectivity index (χ4v) is 8.69. The molecule has 0 fully saturated rings. The summed E-state index contributed by atoms with van der Waals surface area (Å²) in [6.45, 7) is 6.39. The van der Waals surface area contributed by atoms with E-state index in [0.29, 0.717) is 19.3 Å². The number of hydrogen-bond donors (Lipinski definition) is 0. The smallest absolute Gasteiger partial charge is 0.306 e. The molecule has 6 nitrogen and oxygen atoms in total. The molecule has 1 atom stereocenters. The fraction of sp³-hybridized carbons (Fsp3) is 0.676. The van der Waals surface area contributed by atoms with Crippen LogP contribution in [0.5, 0.6) is 0 Å². The number of carbonyl (C=O) groups is 3. The first-order valence-corrected chi connectivity index (χ1v) is 32.0. The Hall–Kier alpha value is -4.19. The lowest BCUT2D eigenvalue weighted by Gasteiger charge is -2.18. The predicted molar refractivity (Wildman–Crippen MR) is 334 cm³/mol. The van der Waals surface area contributed by atoms with Crippen LogP contribution in [0.15, 0.2) is 122 Å². The maximum atomic E-state index is 12.9. The Labute approximate surface area is 475 Å². The van der Waals surface area contributed by atoms with E-state index >= 15 is 0 Å². The van der Waals surface area contributed by atoms with Crippen molar-refractivity contribution in [2.45, 2.75) is 297 Å². The molecule has 0 N–H and O–H groups in total. The van der Waals surface area contributed by atoms with Gasteiger partial charge in [-0.05, 0) is 128 Å². The van der Waals surface area contributed by atoms with Crippen LogP contribution in [0, 0.1) is 0 Å². The van der Waals surface area contributed by atoms with Crippen LogP contribution in [0.4, 0.5) is 0 Å². The number of esters is 3. The van der Waals surface area contributed by atoms with E-state index in [2.05, 4.69) is 142 Å². The van der Waals surface area contributed by atoms with Gasteiger partial charge in [0.25, 0.3) is 0 Å². The SMILES string of the molecule is CC/C=C\C/C=C\C/C=C\C/C=C\CCCCCCCCCCCCC(=O)OCC(COC(=O)CCCCCCCCC/C=C\C/C=C\CCCCC)OC(=O)CCCCCCCC/C=C\C/C=C\C/C=C\C/C=C\CC. The van der Waals surface area contributed by atoms with Crippen LogP contribution in [-0.2, 0) is 28.6 Å². The van der Waals surface area contributed by atoms with Gasteiger partial charge < -0.3 is 14.2 Å². The van der Waals surface area contributed by atoms with E-state index in [9.17, 15) is 14.4 Å². The van der Waals surface area contributed by atoms with Crippen LogP contribution in [0.1, 0.15) is 290 Å². The lowest BCUT2D eigenvalue weighted by Crippen LogP contribution is -2.30. The van der Waals surface area contributed by atoms with Crippen molar-refractivity contribution in [1.29, 1.82) is 0 Å². The highest BCUT2D eigenvalue weighted by Crippen LogP contribution is 2.15. The highest BCUT2D eigenvalue weighted by Gasteiger charge is 2.19. The summed E-state index contributed by atoms with van der Waals surface area (Å²) in [6, 6.07) is 0. The first kappa shape index (κ1) is 72.8. The second-order valence-electron chi connectivity index (χ2n) is 20.9. The van der Waals surface area contributed by atoms with Crippen molar-refractivity contribution in [3.05, 3.63) is 122 Å². The normalized spacial score (nSPS) is 12.9. The molecule has 1 unspecified atom stereocenters. The van der Waals surface area contributed by atoms with E-state index in [1.165, 1.54) is 116 Å². The van der Waals surface area contributed by atoms with Crippen LogP contribution in [-0.4, -0.2) is 37.2 Å². The largest absolute Gasteiger partial charge is 0.462 e. The zero-order valence-electron chi connectivity index (χ0n) is 50.2. The van der Waals surface area contributed by atoms with Gasteiger partial charge in [0.15, 0.2) is 6.10 Å². The number of carbonyl (C=O) groups excluding carboxylic acids is 3. The standard InChI is InChI=1S/C71H118O6/c1-4-7-10-13-16-19-22-25-28-31-33-34-35-36-38-40-43-46-49-52-55-58-61-64-70(73)76-67-68(66-75-69(72)63-60-57-54-51-48-45-42-39-30-27-24-21-18-15-12-9-6-3)77-71(74)65-62-59-56-53-50-47-44-41-37-32-29-26-23-20-17-14-11-8-5-2/h7-8,10-11,16-21,25-30,33-34,37,41,68H,4-6,9,12-15,22-24,31-32,35-36,38-40,42-67H2,1-3H3/b10-7-,11-8-,19-16-,20-17-,21-18-,28-25-,29-26-,30-27-,34-33-,41-37-. The molecule has 0 aliphatic rings. The first-order valence-electron chi connectivity index (χ1n) is 32.0. The third-order valence-corrected chi connectivity index (χ3v) is 13.4. The van der Waals surface area contributed by atoms with Crippen LogP contribution >= 0.6 is 0 Å². The van der Waals surface area contributed by atoms with Crippen molar-refractivity contribution >= 4 is 17.9 Å². The van der Waals surface area contributed by atoms with Crippen molar-refractivity contribution < 1.29 is 28.6 Å². The molecule has 6 heteroatoms. The molecular weight excluding hydrogens is 949 g/mol. The van der Waals surface area contributed by atoms with Crippen LogP contribution in [0.2, 0.25) is 0 Å². The summed E-state index contributed by atoms with van der Waals surface area (Å²) in [5, 5.41) is 0. The van der Waals surface area contributed by atoms with Gasteiger partial charge in [0.05, 0.1) is 0 Å². The fourth-order valence-electron chi connectivity index (χ4n) is 8.69. The van der Waals surface area contributed by atoms with Gasteiger partial charge >= 0.3 is 17.9 Å². The van der Waals surface area contributed by atoms with E-state index in [1.54, 1.807) is 0 Å². The van der Waals surface area contributed by atoms with E-state index in [-0.39, 0.29) is 31.1 Å². The van der Waals surface area contributed by atoms with Crippen molar-refractivity contribution in [3.8, 4) is 0 Å². The first-order chi connectivity index (χ1) is 38.0. The third-order valence-electron chi connectivity index (χ3n) is 13.4. The molecule has 0 aromatic carbocycles. The maximum absolute atomic E-state index is 12.9. The van der Waals surface area contributed by atoms with Gasteiger partial charge in [0, 0.05) is 19.3 Å². The minimum absolute atomic E-state index is 0.0907. The number of rotatable bonds is 57. The molecular formula is C71H118O6. The molecule has 0 saturated carbocycles. The summed E-state index contributed by atoms with van der Waals surface area (Å²) in [5.74, 6) is -0.911. The van der Waals surface area contributed by atoms with Crippen molar-refractivity contribution in [3.63, 3.8) is 0 Å². The molecule has 0 saturated heterocycles. The molecule has 0 aliphatic carbocycles. The molecule has 0 amide bonds. The van der Waals surface area contributed by atoms with Gasteiger partial charge in [0.2, 0.25) is 0 Å². The van der Waals surface area contributed by atoms with Crippen molar-refractivity contribution in [2.75, 3.05) is 13.2 Å². The molecule has 0 spiro atoms. The minimum Gasteiger partial charge on any atom is -0.462 e. The van der Waals surface area contributed by atoms with E-state index in [1.807, 2.05) is 0 Å². The quantitative estimate of drug-likeness (QED) is 0.0261. The molecule has 0 aliphatic heterocycles. The minimum atomic E-state index is -0.796. The number of ether oxygens (including phenoxy) is 3. The van der Waals surface area contributed by atoms with Crippen LogP contribution < -0.4 is 0 Å². The van der Waals surface area contributed by atoms with Crippen LogP contribution in [0.3, 0.4) is 0 Å². The van der Waals surface area contributed by atoms with Gasteiger partial charge in [0.1, 0.15) is 13.2 Å². The van der Waals surface area contributed by atoms with Crippen molar-refractivity contribution in [2.24, 2.45) is 0 Å². The van der Waals surface area contributed by atoms with Gasteiger partial charge in [-0.3, -0.25) is 14.4 Å². The Morgan fingerprint density at radius 1 is 0.273 bits per heavy atom. The Morgan fingerprint density at radius 2 is 0.506 bits per heavy atom. The molecule has 0 aromatic heterocycles. The highest BCUT2D eigenvalue weighted by atomic mass is 16.6. The lowest BCUT2D eigenvalue weighted by molar-refractivity contribution is -0.167. The summed E-state index contributed by atoms with van der Waals surface area (Å²) in [6.07, 6.45) is 89.1. The van der Waals surface area contributed by atoms with E-state index in [0.717, 1.165) is 135 Å². The van der Waals surface area contributed by atoms with Gasteiger partial charge in [-0.1, -0.05) is 264 Å². The van der Waals surface area contributed by atoms with E-state index in [4.69, 9.17) is 14.2 Å². The van der Waals surface area contributed by atoms with Gasteiger partial charge in [-0.25, -0.2) is 0 Å². The van der Waals surface area contributed by atoms with E-state index < -0.39 is 6.10 Å². The summed E-state index contributed by atoms with van der Waals surface area (Å²) in [4.78, 5) is 38.4. The average Bonchev–Trinajstić information content (AvgIpc) is 3.43. The number of unbranched alkanes of at least 4 members (excludes halogenated alkanes) is 26. The van der Waals surface area contributed by atoms with Crippen LogP contribution in [0.25, 0.3) is 0 Å². The third kappa shape index (κ3) is 62.5. The maximum Gasteiger partial charge on any atom is 0.306 e. The molecule has 438 valence electrons. The molecule has 0 bridgehead atoms. The summed E-state index contributed by atoms with van der Waals surface area (Å²) in [5.41, 5.74) is 0. The van der Waals surface area contributed by atoms with Gasteiger partial charge in [-0.15, -0.1) is 0 Å². The Bertz CT molecular complexity index is 1600. The monoisotopic (exact) mass is 1070 g/mol. The topological polar surface area (TPSA) is 78.9 Å². The second kappa shape index (κ2) is 64.3. The summed E-state index contributed by atoms with van der Waals surface area (Å²) >= 11 is 0. The van der Waals surface area contributed by atoms with Gasteiger partial charge in [-0.2, -0.15) is 0 Å². The Morgan fingerprint density at radius 3 is 0.792 bits per heavy atom. The zero-order chi connectivity index (χ0) is 55.7. The lowest BCUT2D eigenvalue weighted by atomic mass is 10.1. The Kier molecular flexibility index (Phi) is 60.8. The molecule has 77 heavy (non-hydrogen) atoms. The summed E-state index contributed by atoms with van der Waals surface area (Å²) in [7, 11) is 0. The molecule has 0 rings (SSSR count). The molecule has 0 heterocycles. The average molecular weight is 1070 g/mol. The Balaban J connectivity index is 4.42. The van der Waals surface area contributed by atoms with Crippen molar-refractivity contribution in [1.82, 2.24) is 0 Å². The number of hydrogen-bond acceptors (Lipinski definition) is 6. The number of allylic oxidation sites excluding steroid dienone is 20. The zero-order valence-corrected chi connectivity index (χ0v) is 50.2. The second-order valence-corrected chi connectivity index (χ2v) is 20.9. The molecule has 0 radical (unpaired) electrons. The predicted octanol–water partition coefficient (Wildman–Crippen LogP) is 22.0. The summed E-state index contributed by atoms with van der Waals surface area (Å²) < 4.78 is 16.9.